The minimum atomic E-state index is -0.457. The first-order valence-electron chi connectivity index (χ1n) is 7.74. The molecule has 2 rings (SSSR count). The van der Waals surface area contributed by atoms with Crippen LogP contribution in [0.3, 0.4) is 0 Å². The molecule has 6 nitrogen and oxygen atoms in total. The van der Waals surface area contributed by atoms with Gasteiger partial charge in [0.25, 0.3) is 0 Å². The minimum absolute atomic E-state index is 0.104. The molecule has 2 fully saturated rings. The van der Waals surface area contributed by atoms with Gasteiger partial charge in [-0.2, -0.15) is 0 Å². The number of alkyl carbamates (subject to hydrolysis) is 1. The van der Waals surface area contributed by atoms with Crippen LogP contribution in [0.4, 0.5) is 4.79 Å². The minimum Gasteiger partial charge on any atom is -0.444 e. The summed E-state index contributed by atoms with van der Waals surface area (Å²) in [4.78, 5) is 11.7. The number of amides is 1. The van der Waals surface area contributed by atoms with Crippen LogP contribution in [0.25, 0.3) is 0 Å². The van der Waals surface area contributed by atoms with E-state index in [1.54, 1.807) is 7.11 Å². The Bertz CT molecular complexity index is 369. The van der Waals surface area contributed by atoms with E-state index in [2.05, 4.69) is 10.6 Å². The fraction of sp³-hybridized carbons (Fsp3) is 0.933. The lowest BCUT2D eigenvalue weighted by atomic mass is 9.85. The summed E-state index contributed by atoms with van der Waals surface area (Å²) in [7, 11) is 1.72. The third-order valence-corrected chi connectivity index (χ3v) is 3.82. The summed E-state index contributed by atoms with van der Waals surface area (Å²) in [5, 5.41) is 6.41. The molecule has 0 bridgehead atoms. The van der Waals surface area contributed by atoms with Crippen LogP contribution in [-0.4, -0.2) is 55.7 Å². The van der Waals surface area contributed by atoms with E-state index < -0.39 is 5.60 Å². The number of hydrogen-bond donors (Lipinski definition) is 2. The van der Waals surface area contributed by atoms with Crippen LogP contribution in [0.15, 0.2) is 0 Å². The molecule has 0 heterocycles. The van der Waals surface area contributed by atoms with Gasteiger partial charge in [0.15, 0.2) is 0 Å². The van der Waals surface area contributed by atoms with Gasteiger partial charge in [0.05, 0.1) is 12.2 Å². The SMILES string of the molecule is CCOC1CC(NC2CC2NC(=O)OC(C)(C)C)C1OC. The number of ether oxygens (including phenoxy) is 3. The van der Waals surface area contributed by atoms with E-state index in [1.807, 2.05) is 27.7 Å². The second kappa shape index (κ2) is 6.50. The lowest BCUT2D eigenvalue weighted by Gasteiger charge is -2.43. The molecule has 0 radical (unpaired) electrons. The molecule has 2 saturated carbocycles. The average Bonchev–Trinajstić information content (AvgIpc) is 3.03. The molecular formula is C15H28N2O4. The first-order valence-corrected chi connectivity index (χ1v) is 7.74. The molecule has 21 heavy (non-hydrogen) atoms. The summed E-state index contributed by atoms with van der Waals surface area (Å²) < 4.78 is 16.3. The monoisotopic (exact) mass is 300 g/mol. The van der Waals surface area contributed by atoms with Crippen LogP contribution in [0.1, 0.15) is 40.5 Å². The van der Waals surface area contributed by atoms with Crippen molar-refractivity contribution in [3.8, 4) is 0 Å². The maximum Gasteiger partial charge on any atom is 0.407 e. The van der Waals surface area contributed by atoms with E-state index in [0.29, 0.717) is 18.7 Å². The number of methoxy groups -OCH3 is 1. The summed E-state index contributed by atoms with van der Waals surface area (Å²) in [5.74, 6) is 0. The standard InChI is InChI=1S/C15H28N2O4/c1-6-20-12-8-11(13(12)19-5)16-9-7-10(9)17-14(18)21-15(2,3)4/h9-13,16H,6-8H2,1-5H3,(H,17,18). The number of nitrogens with one attached hydrogen (secondary N) is 2. The molecule has 0 aromatic heterocycles. The lowest BCUT2D eigenvalue weighted by Crippen LogP contribution is -2.60. The van der Waals surface area contributed by atoms with E-state index in [0.717, 1.165) is 12.8 Å². The van der Waals surface area contributed by atoms with Gasteiger partial charge < -0.3 is 24.8 Å². The van der Waals surface area contributed by atoms with Gasteiger partial charge in [-0.15, -0.1) is 0 Å². The van der Waals surface area contributed by atoms with E-state index in [-0.39, 0.29) is 24.3 Å². The van der Waals surface area contributed by atoms with E-state index >= 15 is 0 Å². The molecule has 2 aliphatic carbocycles. The maximum absolute atomic E-state index is 11.7. The Morgan fingerprint density at radius 1 is 1.19 bits per heavy atom. The maximum atomic E-state index is 11.7. The Balaban J connectivity index is 1.67. The molecule has 122 valence electrons. The molecule has 5 unspecified atom stereocenters. The highest BCUT2D eigenvalue weighted by molar-refractivity contribution is 5.68. The predicted octanol–water partition coefficient (Wildman–Crippen LogP) is 1.43. The van der Waals surface area contributed by atoms with Crippen molar-refractivity contribution in [2.24, 2.45) is 0 Å². The van der Waals surface area contributed by atoms with Crippen LogP contribution in [-0.2, 0) is 14.2 Å². The van der Waals surface area contributed by atoms with Crippen molar-refractivity contribution in [3.63, 3.8) is 0 Å². The van der Waals surface area contributed by atoms with Gasteiger partial charge in [-0.05, 0) is 40.5 Å². The smallest absolute Gasteiger partial charge is 0.407 e. The largest absolute Gasteiger partial charge is 0.444 e. The van der Waals surface area contributed by atoms with Crippen molar-refractivity contribution in [2.45, 2.75) is 76.5 Å². The van der Waals surface area contributed by atoms with Crippen molar-refractivity contribution >= 4 is 6.09 Å². The first-order chi connectivity index (χ1) is 9.84. The number of carbonyl (C=O) groups is 1. The first kappa shape index (κ1) is 16.5. The Morgan fingerprint density at radius 2 is 1.90 bits per heavy atom. The molecule has 0 aromatic carbocycles. The normalized spacial score (nSPS) is 35.0. The molecule has 5 atom stereocenters. The molecular weight excluding hydrogens is 272 g/mol. The molecule has 6 heteroatoms. The number of rotatable bonds is 6. The van der Waals surface area contributed by atoms with Crippen LogP contribution >= 0.6 is 0 Å². The second-order valence-electron chi connectivity index (χ2n) is 6.80. The van der Waals surface area contributed by atoms with Crippen molar-refractivity contribution in [3.05, 3.63) is 0 Å². The molecule has 0 aromatic rings. The third-order valence-electron chi connectivity index (χ3n) is 3.82. The van der Waals surface area contributed by atoms with Gasteiger partial charge >= 0.3 is 6.09 Å². The fourth-order valence-corrected chi connectivity index (χ4v) is 2.71. The van der Waals surface area contributed by atoms with Gasteiger partial charge in [-0.25, -0.2) is 4.79 Å². The quantitative estimate of drug-likeness (QED) is 0.777. The van der Waals surface area contributed by atoms with Gasteiger partial charge in [0.1, 0.15) is 5.60 Å². The topological polar surface area (TPSA) is 68.8 Å². The highest BCUT2D eigenvalue weighted by Crippen LogP contribution is 2.31. The van der Waals surface area contributed by atoms with Crippen LogP contribution < -0.4 is 10.6 Å². The summed E-state index contributed by atoms with van der Waals surface area (Å²) in [6.45, 7) is 8.29. The lowest BCUT2D eigenvalue weighted by molar-refractivity contribution is -0.131. The Labute approximate surface area is 126 Å². The number of hydrogen-bond acceptors (Lipinski definition) is 5. The third kappa shape index (κ3) is 4.56. The number of carbonyl (C=O) groups excluding carboxylic acids is 1. The summed E-state index contributed by atoms with van der Waals surface area (Å²) in [5.41, 5.74) is -0.457. The highest BCUT2D eigenvalue weighted by Gasteiger charge is 2.48. The van der Waals surface area contributed by atoms with E-state index in [9.17, 15) is 4.79 Å². The molecule has 0 aliphatic heterocycles. The zero-order chi connectivity index (χ0) is 15.6. The van der Waals surface area contributed by atoms with Crippen LogP contribution in [0.5, 0.6) is 0 Å². The molecule has 0 spiro atoms. The zero-order valence-corrected chi connectivity index (χ0v) is 13.6. The summed E-state index contributed by atoms with van der Waals surface area (Å²) in [6.07, 6.45) is 1.84. The van der Waals surface area contributed by atoms with Gasteiger partial charge in [-0.3, -0.25) is 0 Å². The zero-order valence-electron chi connectivity index (χ0n) is 13.6. The Kier molecular flexibility index (Phi) is 5.11. The van der Waals surface area contributed by atoms with Gasteiger partial charge in [0.2, 0.25) is 0 Å². The average molecular weight is 300 g/mol. The van der Waals surface area contributed by atoms with Crippen molar-refractivity contribution in [2.75, 3.05) is 13.7 Å². The van der Waals surface area contributed by atoms with Gasteiger partial charge in [-0.1, -0.05) is 0 Å². The van der Waals surface area contributed by atoms with Crippen molar-refractivity contribution in [1.82, 2.24) is 10.6 Å². The summed E-state index contributed by atoms with van der Waals surface area (Å²) in [6, 6.07) is 0.772. The predicted molar refractivity (Wildman–Crippen MR) is 79.3 cm³/mol. The highest BCUT2D eigenvalue weighted by atomic mass is 16.6. The Morgan fingerprint density at radius 3 is 2.48 bits per heavy atom. The van der Waals surface area contributed by atoms with Crippen molar-refractivity contribution < 1.29 is 19.0 Å². The van der Waals surface area contributed by atoms with Crippen LogP contribution in [0.2, 0.25) is 0 Å². The summed E-state index contributed by atoms with van der Waals surface area (Å²) >= 11 is 0. The molecule has 1 amide bonds. The van der Waals surface area contributed by atoms with Gasteiger partial charge in [0, 0.05) is 31.8 Å². The van der Waals surface area contributed by atoms with E-state index in [4.69, 9.17) is 14.2 Å². The van der Waals surface area contributed by atoms with Crippen molar-refractivity contribution in [1.29, 1.82) is 0 Å². The second-order valence-corrected chi connectivity index (χ2v) is 6.80. The fourth-order valence-electron chi connectivity index (χ4n) is 2.71. The molecule has 0 saturated heterocycles. The van der Waals surface area contributed by atoms with E-state index in [1.165, 1.54) is 0 Å². The Hall–Kier alpha value is -0.850. The molecule has 2 N–H and O–H groups in total. The van der Waals surface area contributed by atoms with Crippen LogP contribution in [0, 0.1) is 0 Å². The molecule has 2 aliphatic rings.